The van der Waals surface area contributed by atoms with Crippen LogP contribution in [0, 0.1) is 17.7 Å². The standard InChI is InChI=1S/C17H14O2Se/c1-14-8-10-16(11-9-14)20-13-5-12-19-17(18)15-6-3-2-4-7-15/h2-4,6-11H,12H2,1H3. The second-order valence-electron chi connectivity index (χ2n) is 4.14. The molecule has 20 heavy (non-hydrogen) atoms. The van der Waals surface area contributed by atoms with Gasteiger partial charge in [0.2, 0.25) is 0 Å². The molecule has 0 radical (unpaired) electrons. The van der Waals surface area contributed by atoms with Crippen molar-refractivity contribution in [3.05, 3.63) is 65.7 Å². The molecule has 2 aromatic carbocycles. The van der Waals surface area contributed by atoms with Gasteiger partial charge in [-0.2, -0.15) is 0 Å². The van der Waals surface area contributed by atoms with Crippen LogP contribution in [0.3, 0.4) is 0 Å². The van der Waals surface area contributed by atoms with Crippen molar-refractivity contribution in [2.45, 2.75) is 6.92 Å². The van der Waals surface area contributed by atoms with E-state index in [0.29, 0.717) is 5.56 Å². The SMILES string of the molecule is Cc1ccc([Se]C#CCOC(=O)c2ccccc2)cc1. The van der Waals surface area contributed by atoms with Gasteiger partial charge >= 0.3 is 125 Å². The van der Waals surface area contributed by atoms with E-state index in [0.717, 1.165) is 0 Å². The van der Waals surface area contributed by atoms with Gasteiger partial charge in [0.05, 0.1) is 0 Å². The molecule has 0 fully saturated rings. The summed E-state index contributed by atoms with van der Waals surface area (Å²) in [5.41, 5.74) is 1.80. The molecule has 0 saturated heterocycles. The van der Waals surface area contributed by atoms with Gasteiger partial charge in [0.15, 0.2) is 0 Å². The first kappa shape index (κ1) is 14.4. The maximum absolute atomic E-state index is 11.6. The first-order valence-electron chi connectivity index (χ1n) is 6.19. The third kappa shape index (κ3) is 4.59. The number of aryl methyl sites for hydroxylation is 1. The topological polar surface area (TPSA) is 26.3 Å². The number of ether oxygens (including phenoxy) is 1. The Morgan fingerprint density at radius 3 is 2.50 bits per heavy atom. The van der Waals surface area contributed by atoms with Gasteiger partial charge in [0.1, 0.15) is 0 Å². The monoisotopic (exact) mass is 330 g/mol. The van der Waals surface area contributed by atoms with Gasteiger partial charge in [-0.25, -0.2) is 0 Å². The molecule has 0 saturated carbocycles. The molecule has 0 amide bonds. The molecule has 0 aromatic heterocycles. The van der Waals surface area contributed by atoms with E-state index in [4.69, 9.17) is 4.74 Å². The number of hydrogen-bond acceptors (Lipinski definition) is 2. The Morgan fingerprint density at radius 2 is 1.80 bits per heavy atom. The summed E-state index contributed by atoms with van der Waals surface area (Å²) in [6.07, 6.45) is 0. The van der Waals surface area contributed by atoms with Crippen molar-refractivity contribution >= 4 is 25.4 Å². The van der Waals surface area contributed by atoms with E-state index in [1.165, 1.54) is 10.0 Å². The van der Waals surface area contributed by atoms with E-state index in [1.807, 2.05) is 18.2 Å². The molecule has 0 bridgehead atoms. The Hall–Kier alpha value is -2.01. The summed E-state index contributed by atoms with van der Waals surface area (Å²) >= 11 is 0.104. The summed E-state index contributed by atoms with van der Waals surface area (Å²) in [6.45, 7) is 2.20. The number of rotatable bonds is 3. The summed E-state index contributed by atoms with van der Waals surface area (Å²) in [5.74, 6) is 2.55. The first-order chi connectivity index (χ1) is 9.75. The molecule has 0 aliphatic rings. The van der Waals surface area contributed by atoms with Gasteiger partial charge in [0.25, 0.3) is 0 Å². The van der Waals surface area contributed by atoms with Crippen LogP contribution >= 0.6 is 0 Å². The van der Waals surface area contributed by atoms with Crippen molar-refractivity contribution in [2.75, 3.05) is 6.61 Å². The molecular formula is C17H14O2Se. The normalized spacial score (nSPS) is 9.45. The zero-order valence-electron chi connectivity index (χ0n) is 11.1. The van der Waals surface area contributed by atoms with Crippen LogP contribution in [0.1, 0.15) is 15.9 Å². The molecule has 0 spiro atoms. The van der Waals surface area contributed by atoms with Crippen LogP contribution in [0.2, 0.25) is 0 Å². The van der Waals surface area contributed by atoms with Gasteiger partial charge < -0.3 is 0 Å². The molecule has 2 nitrogen and oxygen atoms in total. The summed E-state index contributed by atoms with van der Waals surface area (Å²) in [5, 5.41) is 0. The van der Waals surface area contributed by atoms with Crippen LogP contribution in [-0.2, 0) is 4.74 Å². The van der Waals surface area contributed by atoms with Crippen LogP contribution in [0.5, 0.6) is 0 Å². The molecule has 0 atom stereocenters. The van der Waals surface area contributed by atoms with Crippen LogP contribution in [0.4, 0.5) is 0 Å². The van der Waals surface area contributed by atoms with Crippen LogP contribution in [-0.4, -0.2) is 27.5 Å². The minimum absolute atomic E-state index is 0.104. The quantitative estimate of drug-likeness (QED) is 0.490. The third-order valence-corrected chi connectivity index (χ3v) is 4.13. The molecule has 100 valence electrons. The fourth-order valence-corrected chi connectivity index (χ4v) is 2.58. The second-order valence-corrected chi connectivity index (χ2v) is 5.98. The van der Waals surface area contributed by atoms with E-state index in [-0.39, 0.29) is 27.5 Å². The molecule has 0 N–H and O–H groups in total. The number of hydrogen-bond donors (Lipinski definition) is 0. The van der Waals surface area contributed by atoms with E-state index in [1.54, 1.807) is 12.1 Å². The van der Waals surface area contributed by atoms with Crippen molar-refractivity contribution in [2.24, 2.45) is 0 Å². The molecule has 3 heteroatoms. The molecule has 2 rings (SSSR count). The Morgan fingerprint density at radius 1 is 1.10 bits per heavy atom. The number of carbonyl (C=O) groups is 1. The Labute approximate surface area is 125 Å². The van der Waals surface area contributed by atoms with Crippen molar-refractivity contribution in [1.29, 1.82) is 0 Å². The average molecular weight is 329 g/mol. The van der Waals surface area contributed by atoms with Gasteiger partial charge in [0, 0.05) is 0 Å². The first-order valence-corrected chi connectivity index (χ1v) is 7.90. The molecule has 2 aromatic rings. The Balaban J connectivity index is 1.78. The van der Waals surface area contributed by atoms with Crippen molar-refractivity contribution < 1.29 is 9.53 Å². The zero-order valence-corrected chi connectivity index (χ0v) is 12.8. The van der Waals surface area contributed by atoms with Gasteiger partial charge in [-0.05, 0) is 0 Å². The van der Waals surface area contributed by atoms with E-state index in [9.17, 15) is 4.79 Å². The molecule has 0 heterocycles. The Bertz CT molecular complexity index is 622. The number of carbonyl (C=O) groups excluding carboxylic acids is 1. The number of benzene rings is 2. The van der Waals surface area contributed by atoms with Gasteiger partial charge in [-0.3, -0.25) is 0 Å². The van der Waals surface area contributed by atoms with E-state index >= 15 is 0 Å². The zero-order chi connectivity index (χ0) is 14.2. The minimum atomic E-state index is -0.331. The average Bonchev–Trinajstić information content (AvgIpc) is 2.49. The predicted octanol–water partition coefficient (Wildman–Crippen LogP) is 2.14. The third-order valence-electron chi connectivity index (χ3n) is 2.55. The van der Waals surface area contributed by atoms with Crippen molar-refractivity contribution in [3.8, 4) is 10.7 Å². The predicted molar refractivity (Wildman–Crippen MR) is 81.1 cm³/mol. The van der Waals surface area contributed by atoms with E-state index < -0.39 is 0 Å². The Kier molecular flexibility index (Phi) is 5.43. The summed E-state index contributed by atoms with van der Waals surface area (Å²) < 4.78 is 6.31. The van der Waals surface area contributed by atoms with Crippen LogP contribution < -0.4 is 4.46 Å². The van der Waals surface area contributed by atoms with E-state index in [2.05, 4.69) is 41.9 Å². The maximum atomic E-state index is 11.6. The molecule has 0 unspecified atom stereocenters. The van der Waals surface area contributed by atoms with Gasteiger partial charge in [-0.1, -0.05) is 0 Å². The fraction of sp³-hybridized carbons (Fsp3) is 0.118. The molecular weight excluding hydrogens is 315 g/mol. The molecule has 0 aliphatic heterocycles. The summed E-state index contributed by atoms with van der Waals surface area (Å²) in [7, 11) is 0. The van der Waals surface area contributed by atoms with Crippen molar-refractivity contribution in [1.82, 2.24) is 0 Å². The number of esters is 1. The van der Waals surface area contributed by atoms with Crippen molar-refractivity contribution in [3.63, 3.8) is 0 Å². The van der Waals surface area contributed by atoms with Crippen LogP contribution in [0.25, 0.3) is 0 Å². The van der Waals surface area contributed by atoms with Crippen LogP contribution in [0.15, 0.2) is 54.6 Å². The van der Waals surface area contributed by atoms with Gasteiger partial charge in [-0.15, -0.1) is 0 Å². The fourth-order valence-electron chi connectivity index (χ4n) is 1.49. The summed E-state index contributed by atoms with van der Waals surface area (Å²) in [4.78, 5) is 14.7. The molecule has 0 aliphatic carbocycles. The second kappa shape index (κ2) is 7.55. The summed E-state index contributed by atoms with van der Waals surface area (Å²) in [6, 6.07) is 17.3.